The number of ether oxygens (including phenoxy) is 1. The average Bonchev–Trinajstić information content (AvgIpc) is 2.44. The second-order valence-electron chi connectivity index (χ2n) is 4.23. The number of benzene rings is 1. The zero-order valence-corrected chi connectivity index (χ0v) is 12.2. The molecule has 1 N–H and O–H groups in total. The standard InChI is InChI=1S/C13H17ClN4O2/c1-3-20-12(19)13(2,16-8-9-17-18-15)10-4-6-11(14)7-5-10/h4-7,16H,3,8-9H2,1-2H3. The van der Waals surface area contributed by atoms with Gasteiger partial charge in [-0.3, -0.25) is 5.32 Å². The maximum Gasteiger partial charge on any atom is 0.330 e. The van der Waals surface area contributed by atoms with Gasteiger partial charge < -0.3 is 4.74 Å². The summed E-state index contributed by atoms with van der Waals surface area (Å²) in [4.78, 5) is 14.9. The molecule has 0 saturated heterocycles. The third-order valence-electron chi connectivity index (χ3n) is 2.86. The predicted octanol–water partition coefficient (Wildman–Crippen LogP) is 3.02. The molecule has 0 heterocycles. The van der Waals surface area contributed by atoms with Gasteiger partial charge in [0.15, 0.2) is 0 Å². The van der Waals surface area contributed by atoms with Gasteiger partial charge in [-0.2, -0.15) is 0 Å². The lowest BCUT2D eigenvalue weighted by Gasteiger charge is -2.29. The molecule has 0 radical (unpaired) electrons. The average molecular weight is 297 g/mol. The minimum atomic E-state index is -1.01. The first-order valence-corrected chi connectivity index (χ1v) is 6.61. The first-order valence-electron chi connectivity index (χ1n) is 6.23. The summed E-state index contributed by atoms with van der Waals surface area (Å²) in [6.07, 6.45) is 0. The molecule has 0 aliphatic heterocycles. The second kappa shape index (κ2) is 7.75. The molecule has 0 aliphatic carbocycles. The van der Waals surface area contributed by atoms with Gasteiger partial charge in [0.2, 0.25) is 0 Å². The predicted molar refractivity (Wildman–Crippen MR) is 77.5 cm³/mol. The van der Waals surface area contributed by atoms with Crippen molar-refractivity contribution in [2.45, 2.75) is 19.4 Å². The largest absolute Gasteiger partial charge is 0.464 e. The normalized spacial score (nSPS) is 13.2. The number of halogens is 1. The van der Waals surface area contributed by atoms with Crippen LogP contribution in [0.25, 0.3) is 10.4 Å². The Hall–Kier alpha value is -1.75. The Kier molecular flexibility index (Phi) is 6.31. The molecule has 7 heteroatoms. The number of nitrogens with one attached hydrogen (secondary N) is 1. The van der Waals surface area contributed by atoms with E-state index in [0.717, 1.165) is 5.56 Å². The molecule has 108 valence electrons. The number of esters is 1. The van der Waals surface area contributed by atoms with Crippen molar-refractivity contribution in [3.05, 3.63) is 45.3 Å². The molecule has 0 aliphatic rings. The number of carbonyl (C=O) groups is 1. The van der Waals surface area contributed by atoms with E-state index in [1.807, 2.05) is 0 Å². The summed E-state index contributed by atoms with van der Waals surface area (Å²) in [5.74, 6) is -0.386. The van der Waals surface area contributed by atoms with E-state index in [9.17, 15) is 4.79 Å². The molecule has 20 heavy (non-hydrogen) atoms. The first-order chi connectivity index (χ1) is 9.54. The molecule has 0 saturated carbocycles. The van der Waals surface area contributed by atoms with Crippen molar-refractivity contribution >= 4 is 17.6 Å². The van der Waals surface area contributed by atoms with Gasteiger partial charge in [-0.1, -0.05) is 28.8 Å². The van der Waals surface area contributed by atoms with Crippen LogP contribution in [0.1, 0.15) is 19.4 Å². The quantitative estimate of drug-likeness (QED) is 0.276. The lowest BCUT2D eigenvalue weighted by atomic mass is 9.92. The smallest absolute Gasteiger partial charge is 0.330 e. The van der Waals surface area contributed by atoms with Crippen molar-refractivity contribution < 1.29 is 9.53 Å². The number of carbonyl (C=O) groups excluding carboxylic acids is 1. The fourth-order valence-corrected chi connectivity index (χ4v) is 1.88. The lowest BCUT2D eigenvalue weighted by molar-refractivity contribution is -0.151. The van der Waals surface area contributed by atoms with E-state index in [-0.39, 0.29) is 12.5 Å². The van der Waals surface area contributed by atoms with E-state index >= 15 is 0 Å². The first kappa shape index (κ1) is 16.3. The van der Waals surface area contributed by atoms with Crippen LogP contribution in [0.4, 0.5) is 0 Å². The summed E-state index contributed by atoms with van der Waals surface area (Å²) >= 11 is 5.86. The minimum absolute atomic E-state index is 0.249. The fourth-order valence-electron chi connectivity index (χ4n) is 1.75. The van der Waals surface area contributed by atoms with E-state index in [4.69, 9.17) is 21.9 Å². The van der Waals surface area contributed by atoms with Crippen molar-refractivity contribution in [2.75, 3.05) is 19.7 Å². The highest BCUT2D eigenvalue weighted by Gasteiger charge is 2.36. The number of azide groups is 1. The van der Waals surface area contributed by atoms with Gasteiger partial charge in [-0.05, 0) is 37.1 Å². The molecule has 0 bridgehead atoms. The summed E-state index contributed by atoms with van der Waals surface area (Å²) in [5, 5.41) is 7.09. The van der Waals surface area contributed by atoms with Crippen molar-refractivity contribution in [1.82, 2.24) is 5.32 Å². The molecule has 0 aromatic heterocycles. The van der Waals surface area contributed by atoms with Gasteiger partial charge in [0.05, 0.1) is 6.61 Å². The van der Waals surface area contributed by atoms with Crippen LogP contribution in [-0.4, -0.2) is 25.7 Å². The van der Waals surface area contributed by atoms with Gasteiger partial charge >= 0.3 is 5.97 Å². The molecular formula is C13H17ClN4O2. The summed E-state index contributed by atoms with van der Waals surface area (Å²) < 4.78 is 5.11. The fraction of sp³-hybridized carbons (Fsp3) is 0.462. The Labute approximate surface area is 122 Å². The van der Waals surface area contributed by atoms with Crippen molar-refractivity contribution in [3.8, 4) is 0 Å². The number of rotatable bonds is 7. The Morgan fingerprint density at radius 2 is 2.15 bits per heavy atom. The highest BCUT2D eigenvalue weighted by Crippen LogP contribution is 2.24. The van der Waals surface area contributed by atoms with E-state index in [1.165, 1.54) is 0 Å². The molecule has 0 spiro atoms. The Bertz CT molecular complexity index is 500. The minimum Gasteiger partial charge on any atom is -0.464 e. The zero-order chi connectivity index (χ0) is 15.0. The number of hydrogen-bond donors (Lipinski definition) is 1. The van der Waals surface area contributed by atoms with Crippen LogP contribution in [0.15, 0.2) is 29.4 Å². The summed E-state index contributed by atoms with van der Waals surface area (Å²) in [6, 6.07) is 6.95. The van der Waals surface area contributed by atoms with Gasteiger partial charge in [-0.25, -0.2) is 4.79 Å². The second-order valence-corrected chi connectivity index (χ2v) is 4.67. The van der Waals surface area contributed by atoms with E-state index in [1.54, 1.807) is 38.1 Å². The van der Waals surface area contributed by atoms with Crippen LogP contribution < -0.4 is 5.32 Å². The van der Waals surface area contributed by atoms with Crippen LogP contribution in [-0.2, 0) is 15.1 Å². The molecular weight excluding hydrogens is 280 g/mol. The van der Waals surface area contributed by atoms with E-state index in [0.29, 0.717) is 18.2 Å². The van der Waals surface area contributed by atoms with Gasteiger partial charge in [-0.15, -0.1) is 0 Å². The molecule has 1 unspecified atom stereocenters. The van der Waals surface area contributed by atoms with Crippen molar-refractivity contribution in [2.24, 2.45) is 5.11 Å². The van der Waals surface area contributed by atoms with Crippen LogP contribution in [0.3, 0.4) is 0 Å². The number of hydrogen-bond acceptors (Lipinski definition) is 4. The van der Waals surface area contributed by atoms with E-state index < -0.39 is 5.54 Å². The molecule has 6 nitrogen and oxygen atoms in total. The Morgan fingerprint density at radius 1 is 1.50 bits per heavy atom. The van der Waals surface area contributed by atoms with Crippen LogP contribution in [0, 0.1) is 0 Å². The highest BCUT2D eigenvalue weighted by molar-refractivity contribution is 6.30. The molecule has 1 rings (SSSR count). The molecule has 1 atom stereocenters. The molecule has 1 aromatic carbocycles. The SMILES string of the molecule is CCOC(=O)C(C)(NCCN=[N+]=[N-])c1ccc(Cl)cc1. The lowest BCUT2D eigenvalue weighted by Crippen LogP contribution is -2.48. The van der Waals surface area contributed by atoms with Crippen LogP contribution in [0.2, 0.25) is 5.02 Å². The van der Waals surface area contributed by atoms with E-state index in [2.05, 4.69) is 15.3 Å². The van der Waals surface area contributed by atoms with Crippen molar-refractivity contribution in [1.29, 1.82) is 0 Å². The monoisotopic (exact) mass is 296 g/mol. The third-order valence-corrected chi connectivity index (χ3v) is 3.11. The van der Waals surface area contributed by atoms with Gasteiger partial charge in [0, 0.05) is 23.0 Å². The van der Waals surface area contributed by atoms with Crippen LogP contribution >= 0.6 is 11.6 Å². The molecule has 0 fully saturated rings. The maximum absolute atomic E-state index is 12.2. The summed E-state index contributed by atoms with van der Waals surface area (Å²) in [6.45, 7) is 4.38. The Morgan fingerprint density at radius 3 is 2.70 bits per heavy atom. The highest BCUT2D eigenvalue weighted by atomic mass is 35.5. The number of nitrogens with zero attached hydrogens (tertiary/aromatic N) is 3. The maximum atomic E-state index is 12.2. The van der Waals surface area contributed by atoms with Crippen molar-refractivity contribution in [3.63, 3.8) is 0 Å². The van der Waals surface area contributed by atoms with Gasteiger partial charge in [0.1, 0.15) is 5.54 Å². The topological polar surface area (TPSA) is 87.1 Å². The zero-order valence-electron chi connectivity index (χ0n) is 11.5. The van der Waals surface area contributed by atoms with Gasteiger partial charge in [0.25, 0.3) is 0 Å². The summed E-state index contributed by atoms with van der Waals surface area (Å²) in [5.41, 5.74) is 7.99. The summed E-state index contributed by atoms with van der Waals surface area (Å²) in [7, 11) is 0. The molecule has 0 amide bonds. The Balaban J connectivity index is 2.96. The third kappa shape index (κ3) is 4.13. The van der Waals surface area contributed by atoms with Crippen LogP contribution in [0.5, 0.6) is 0 Å². The molecule has 1 aromatic rings.